The molecule has 0 heterocycles. The minimum absolute atomic E-state index is 0. The molecule has 0 saturated carbocycles. The van der Waals surface area contributed by atoms with Crippen LogP contribution < -0.4 is 0 Å². The summed E-state index contributed by atoms with van der Waals surface area (Å²) in [5, 5.41) is 0. The summed E-state index contributed by atoms with van der Waals surface area (Å²) in [6.07, 6.45) is 0. The summed E-state index contributed by atoms with van der Waals surface area (Å²) in [6.45, 7) is 3.13. The second-order valence-electron chi connectivity index (χ2n) is 0.254. The van der Waals surface area contributed by atoms with Gasteiger partial charge in [0.1, 0.15) is 0 Å². The Morgan fingerprint density at radius 2 is 1.86 bits per heavy atom. The van der Waals surface area contributed by atoms with Gasteiger partial charge in [0.15, 0.2) is 0 Å². The standard InChI is InChI=1S/C2H3Cl.HN3.Na.H/c1-2-3;1-3-2;;/h2H,1H2;1H;;. The van der Waals surface area contributed by atoms with Crippen LogP contribution in [0.15, 0.2) is 12.1 Å². The van der Waals surface area contributed by atoms with E-state index in [1.807, 2.05) is 0 Å². The van der Waals surface area contributed by atoms with Crippen LogP contribution in [0.3, 0.4) is 0 Å². The summed E-state index contributed by atoms with van der Waals surface area (Å²) < 4.78 is 0. The summed E-state index contributed by atoms with van der Waals surface area (Å²) in [5.74, 6) is 0. The Bertz CT molecular complexity index is 58.0. The molecule has 0 amide bonds. The van der Waals surface area contributed by atoms with Crippen molar-refractivity contribution in [1.29, 1.82) is 5.53 Å². The molecule has 3 nitrogen and oxygen atoms in total. The van der Waals surface area contributed by atoms with Gasteiger partial charge in [-0.2, -0.15) is 0 Å². The molecule has 0 fully saturated rings. The van der Waals surface area contributed by atoms with Gasteiger partial charge in [0.2, 0.25) is 0 Å². The molecule has 0 saturated heterocycles. The number of nitrogens with zero attached hydrogens (tertiary/aromatic N) is 2. The van der Waals surface area contributed by atoms with Crippen LogP contribution in [0.5, 0.6) is 0 Å². The number of halogens is 1. The van der Waals surface area contributed by atoms with Crippen molar-refractivity contribution in [3.05, 3.63) is 22.6 Å². The first-order chi connectivity index (χ1) is 2.83. The zero-order valence-corrected chi connectivity index (χ0v) is 3.81. The Morgan fingerprint density at radius 3 is 1.86 bits per heavy atom. The molecule has 0 atom stereocenters. The fourth-order valence-corrected chi connectivity index (χ4v) is 0. The molecule has 0 aromatic heterocycles. The van der Waals surface area contributed by atoms with Crippen molar-refractivity contribution in [1.82, 2.24) is 0 Å². The molecule has 5 heteroatoms. The van der Waals surface area contributed by atoms with Crippen LogP contribution in [0.25, 0.3) is 10.4 Å². The van der Waals surface area contributed by atoms with E-state index in [2.05, 4.69) is 6.58 Å². The summed E-state index contributed by atoms with van der Waals surface area (Å²) in [6, 6.07) is 0. The Balaban J connectivity index is -0.0000000400. The van der Waals surface area contributed by atoms with Gasteiger partial charge in [-0.3, -0.25) is 0 Å². The van der Waals surface area contributed by atoms with Crippen LogP contribution in [-0.2, 0) is 0 Å². The second-order valence-corrected chi connectivity index (χ2v) is 0.563. The zero-order chi connectivity index (χ0) is 5.41. The number of nitrogens with one attached hydrogen (secondary N) is 1. The molecule has 0 aromatic carbocycles. The van der Waals surface area contributed by atoms with E-state index in [1.165, 1.54) is 5.54 Å². The summed E-state index contributed by atoms with van der Waals surface area (Å²) in [5.41, 5.74) is 13.5. The van der Waals surface area contributed by atoms with Crippen molar-refractivity contribution in [3.8, 4) is 0 Å². The maximum atomic E-state index is 6.86. The molecule has 0 spiro atoms. The van der Waals surface area contributed by atoms with Crippen molar-refractivity contribution < 1.29 is 0 Å². The number of hydrogen-bond acceptors (Lipinski definition) is 1. The predicted octanol–water partition coefficient (Wildman–Crippen LogP) is 1.60. The molecule has 0 radical (unpaired) electrons. The molecular weight excluding hydrogens is 124 g/mol. The van der Waals surface area contributed by atoms with Crippen LogP contribution in [0.1, 0.15) is 0 Å². The van der Waals surface area contributed by atoms with Crippen molar-refractivity contribution >= 4 is 41.2 Å². The average Bonchev–Trinajstić information content (AvgIpc) is 1.39. The molecule has 1 N–H and O–H groups in total. The summed E-state index contributed by atoms with van der Waals surface area (Å²) in [7, 11) is 0. The van der Waals surface area contributed by atoms with Gasteiger partial charge < -0.3 is 0 Å². The predicted molar refractivity (Wildman–Crippen MR) is 32.6 cm³/mol. The van der Waals surface area contributed by atoms with E-state index in [0.717, 1.165) is 0 Å². The van der Waals surface area contributed by atoms with E-state index in [0.29, 0.717) is 0 Å². The van der Waals surface area contributed by atoms with Gasteiger partial charge in [0.05, 0.1) is 0 Å². The van der Waals surface area contributed by atoms with E-state index < -0.39 is 0 Å². The third-order valence-electron chi connectivity index (χ3n) is 0. The first-order valence-electron chi connectivity index (χ1n) is 1.05. The van der Waals surface area contributed by atoms with Gasteiger partial charge in [-0.1, -0.05) is 18.2 Å². The van der Waals surface area contributed by atoms with Crippen LogP contribution in [0.4, 0.5) is 0 Å². The van der Waals surface area contributed by atoms with E-state index in [1.54, 1.807) is 4.91 Å². The Morgan fingerprint density at radius 1 is 1.86 bits per heavy atom. The summed E-state index contributed by atoms with van der Waals surface area (Å²) in [4.78, 5) is 1.75. The molecule has 0 aliphatic heterocycles. The van der Waals surface area contributed by atoms with E-state index in [9.17, 15) is 0 Å². The monoisotopic (exact) mass is 129 g/mol. The number of hydrogen-bond donors (Lipinski definition) is 1. The van der Waals surface area contributed by atoms with Crippen molar-refractivity contribution in [2.24, 2.45) is 0 Å². The van der Waals surface area contributed by atoms with Gasteiger partial charge in [0.25, 0.3) is 0 Å². The molecule has 7 heavy (non-hydrogen) atoms. The first-order valence-corrected chi connectivity index (χ1v) is 1.49. The topological polar surface area (TPSA) is 60.3 Å². The quantitative estimate of drug-likeness (QED) is 0.224. The normalized spacial score (nSPS) is 3.00. The summed E-state index contributed by atoms with van der Waals surface area (Å²) >= 11 is 4.76. The third-order valence-corrected chi connectivity index (χ3v) is 0. The molecule has 36 valence electrons. The molecule has 0 unspecified atom stereocenters. The van der Waals surface area contributed by atoms with E-state index in [-0.39, 0.29) is 29.6 Å². The number of rotatable bonds is 0. The molecule has 0 bridgehead atoms. The van der Waals surface area contributed by atoms with Crippen molar-refractivity contribution in [2.75, 3.05) is 0 Å². The zero-order valence-electron chi connectivity index (χ0n) is 3.06. The van der Waals surface area contributed by atoms with Crippen LogP contribution in [0, 0.1) is 5.53 Å². The molecular formula is C2H5ClN3Na. The molecule has 0 aromatic rings. The Labute approximate surface area is 69.1 Å². The van der Waals surface area contributed by atoms with E-state index >= 15 is 0 Å². The van der Waals surface area contributed by atoms with Gasteiger partial charge in [-0.05, 0) is 16.0 Å². The third kappa shape index (κ3) is 1030. The maximum absolute atomic E-state index is 6.86. The van der Waals surface area contributed by atoms with Gasteiger partial charge >= 0.3 is 29.6 Å². The van der Waals surface area contributed by atoms with Crippen LogP contribution >= 0.6 is 11.6 Å². The second kappa shape index (κ2) is 33.0. The first kappa shape index (κ1) is 15.7. The van der Waals surface area contributed by atoms with Gasteiger partial charge in [-0.15, -0.1) is 5.53 Å². The molecule has 0 aliphatic rings. The van der Waals surface area contributed by atoms with E-state index in [4.69, 9.17) is 22.7 Å². The van der Waals surface area contributed by atoms with Crippen molar-refractivity contribution in [3.63, 3.8) is 0 Å². The fraction of sp³-hybridized carbons (Fsp3) is 0. The SMILES string of the molecule is C=CCl.[N-]=[N+]=N.[NaH]. The molecule has 0 aliphatic carbocycles. The van der Waals surface area contributed by atoms with Crippen LogP contribution in [0.2, 0.25) is 0 Å². The van der Waals surface area contributed by atoms with Gasteiger partial charge in [-0.25, -0.2) is 0 Å². The Kier molecular flexibility index (Phi) is 73.9. The van der Waals surface area contributed by atoms with Crippen LogP contribution in [-0.4, -0.2) is 29.6 Å². The van der Waals surface area contributed by atoms with Crippen molar-refractivity contribution in [2.45, 2.75) is 0 Å². The molecule has 0 rings (SSSR count). The Hall–Kier alpha value is 0.340. The minimum atomic E-state index is 0. The van der Waals surface area contributed by atoms with Gasteiger partial charge in [0, 0.05) is 0 Å². The average molecular weight is 130 g/mol. The fourth-order valence-electron chi connectivity index (χ4n) is 0.